The van der Waals surface area contributed by atoms with E-state index in [2.05, 4.69) is 21.4 Å². The Morgan fingerprint density at radius 2 is 1.64 bits per heavy atom. The molecule has 0 saturated heterocycles. The third-order valence-corrected chi connectivity index (χ3v) is 3.85. The van der Waals surface area contributed by atoms with Gasteiger partial charge in [-0.3, -0.25) is 4.79 Å². The van der Waals surface area contributed by atoms with E-state index in [1.54, 1.807) is 6.92 Å². The van der Waals surface area contributed by atoms with E-state index < -0.39 is 0 Å². The summed E-state index contributed by atoms with van der Waals surface area (Å²) in [5.41, 5.74) is 14.2. The summed E-state index contributed by atoms with van der Waals surface area (Å²) in [6, 6.07) is 7.38. The normalized spacial score (nSPS) is 12.0. The van der Waals surface area contributed by atoms with Crippen LogP contribution in [0.4, 0.5) is 17.3 Å². The van der Waals surface area contributed by atoms with Crippen molar-refractivity contribution in [2.45, 2.75) is 31.2 Å². The number of carbonyl (C=O) groups is 1. The minimum atomic E-state index is -0.373. The zero-order chi connectivity index (χ0) is 16.3. The first-order valence-corrected chi connectivity index (χ1v) is 7.67. The van der Waals surface area contributed by atoms with Crippen LogP contribution in [0.1, 0.15) is 18.1 Å². The molecule has 0 aliphatic rings. The number of carbonyl (C=O) groups excluding carboxylic acids is 1. The number of hydrogen-bond acceptors (Lipinski definition) is 6. The number of hydrogen-bond donors (Lipinski definition) is 3. The van der Waals surface area contributed by atoms with Gasteiger partial charge in [0.1, 0.15) is 11.6 Å². The van der Waals surface area contributed by atoms with Gasteiger partial charge in [-0.15, -0.1) is 0 Å². The molecular weight excluding hydrogens is 298 g/mol. The van der Waals surface area contributed by atoms with Crippen LogP contribution in [0.15, 0.2) is 29.4 Å². The molecule has 0 fully saturated rings. The van der Waals surface area contributed by atoms with Gasteiger partial charge in [0, 0.05) is 11.8 Å². The third kappa shape index (κ3) is 4.36. The second-order valence-corrected chi connectivity index (χ2v) is 6.43. The van der Waals surface area contributed by atoms with Crippen molar-refractivity contribution in [3.05, 3.63) is 35.4 Å². The Morgan fingerprint density at radius 3 is 2.18 bits per heavy atom. The topological polar surface area (TPSA) is 107 Å². The Balaban J connectivity index is 2.05. The van der Waals surface area contributed by atoms with Crippen molar-refractivity contribution in [3.63, 3.8) is 0 Å². The number of anilines is 3. The molecule has 0 bridgehead atoms. The van der Waals surface area contributed by atoms with E-state index in [0.717, 1.165) is 16.8 Å². The summed E-state index contributed by atoms with van der Waals surface area (Å²) in [7, 11) is 0. The molecule has 0 aliphatic heterocycles. The van der Waals surface area contributed by atoms with Gasteiger partial charge in [0.2, 0.25) is 5.91 Å². The Morgan fingerprint density at radius 1 is 1.09 bits per heavy atom. The van der Waals surface area contributed by atoms with Crippen molar-refractivity contribution >= 4 is 35.0 Å². The highest BCUT2D eigenvalue weighted by Crippen LogP contribution is 2.23. The molecule has 5 N–H and O–H groups in total. The molecule has 2 rings (SSSR count). The molecule has 0 radical (unpaired) electrons. The van der Waals surface area contributed by atoms with Crippen molar-refractivity contribution in [1.82, 2.24) is 9.97 Å². The highest BCUT2D eigenvalue weighted by atomic mass is 32.2. The molecule has 7 heteroatoms. The summed E-state index contributed by atoms with van der Waals surface area (Å²) in [5, 5.41) is 2.91. The van der Waals surface area contributed by atoms with Crippen molar-refractivity contribution in [3.8, 4) is 0 Å². The monoisotopic (exact) mass is 317 g/mol. The number of benzene rings is 1. The van der Waals surface area contributed by atoms with Crippen molar-refractivity contribution in [2.24, 2.45) is 0 Å². The van der Waals surface area contributed by atoms with Crippen LogP contribution >= 0.6 is 11.8 Å². The van der Waals surface area contributed by atoms with Crippen LogP contribution in [-0.4, -0.2) is 21.1 Å². The van der Waals surface area contributed by atoms with Crippen LogP contribution in [0.5, 0.6) is 0 Å². The second-order valence-electron chi connectivity index (χ2n) is 5.13. The van der Waals surface area contributed by atoms with Crippen LogP contribution in [0.2, 0.25) is 0 Å². The van der Waals surface area contributed by atoms with E-state index in [9.17, 15) is 4.79 Å². The second kappa shape index (κ2) is 6.65. The first kappa shape index (κ1) is 16.1. The fraction of sp³-hybridized carbons (Fsp3) is 0.267. The molecule has 22 heavy (non-hydrogen) atoms. The molecule has 1 aromatic carbocycles. The molecule has 1 unspecified atom stereocenters. The summed E-state index contributed by atoms with van der Waals surface area (Å²) < 4.78 is 0. The van der Waals surface area contributed by atoms with Crippen LogP contribution in [0, 0.1) is 13.8 Å². The lowest BCUT2D eigenvalue weighted by Gasteiger charge is -2.12. The molecule has 1 aromatic heterocycles. The Bertz CT molecular complexity index is 664. The van der Waals surface area contributed by atoms with Gasteiger partial charge in [-0.2, -0.15) is 0 Å². The van der Waals surface area contributed by atoms with Gasteiger partial charge in [0.05, 0.1) is 5.25 Å². The summed E-state index contributed by atoms with van der Waals surface area (Å²) >= 11 is 1.21. The summed E-state index contributed by atoms with van der Waals surface area (Å²) in [6.07, 6.45) is 0. The van der Waals surface area contributed by atoms with E-state index in [0.29, 0.717) is 5.16 Å². The number of nitrogens with two attached hydrogens (primary N) is 2. The first-order chi connectivity index (χ1) is 10.3. The standard InChI is InChI=1S/C15H19N5OS/c1-8-4-9(2)6-11(5-8)18-14(21)10(3)22-15-19-12(16)7-13(17)20-15/h4-7,10H,1-3H3,(H,18,21)(H4,16,17,19,20). The molecule has 1 atom stereocenters. The third-order valence-electron chi connectivity index (χ3n) is 2.89. The largest absolute Gasteiger partial charge is 0.383 e. The quantitative estimate of drug-likeness (QED) is 0.590. The van der Waals surface area contributed by atoms with E-state index in [1.165, 1.54) is 17.8 Å². The van der Waals surface area contributed by atoms with Gasteiger partial charge in [0.25, 0.3) is 0 Å². The number of aryl methyl sites for hydroxylation is 2. The number of amides is 1. The molecule has 116 valence electrons. The minimum Gasteiger partial charge on any atom is -0.383 e. The predicted octanol–water partition coefficient (Wildman–Crippen LogP) is 2.38. The SMILES string of the molecule is Cc1cc(C)cc(NC(=O)C(C)Sc2nc(N)cc(N)n2)c1. The van der Waals surface area contributed by atoms with Gasteiger partial charge in [-0.1, -0.05) is 17.8 Å². The number of rotatable bonds is 4. The summed E-state index contributed by atoms with van der Waals surface area (Å²) in [6.45, 7) is 5.76. The molecule has 0 saturated carbocycles. The fourth-order valence-electron chi connectivity index (χ4n) is 2.02. The maximum atomic E-state index is 12.3. The molecular formula is C15H19N5OS. The Hall–Kier alpha value is -2.28. The highest BCUT2D eigenvalue weighted by molar-refractivity contribution is 8.00. The van der Waals surface area contributed by atoms with Crippen LogP contribution in [0.25, 0.3) is 0 Å². The van der Waals surface area contributed by atoms with Crippen molar-refractivity contribution in [2.75, 3.05) is 16.8 Å². The number of nitrogens with one attached hydrogen (secondary N) is 1. The maximum absolute atomic E-state index is 12.3. The molecule has 1 heterocycles. The number of nitrogen functional groups attached to an aromatic ring is 2. The highest BCUT2D eigenvalue weighted by Gasteiger charge is 2.17. The van der Waals surface area contributed by atoms with Crippen LogP contribution < -0.4 is 16.8 Å². The number of nitrogens with zero attached hydrogens (tertiary/aromatic N) is 2. The lowest BCUT2D eigenvalue weighted by Crippen LogP contribution is -2.22. The van der Waals surface area contributed by atoms with Gasteiger partial charge in [0.15, 0.2) is 5.16 Å². The average Bonchev–Trinajstić information content (AvgIpc) is 2.35. The van der Waals surface area contributed by atoms with Gasteiger partial charge in [-0.05, 0) is 44.0 Å². The molecule has 1 amide bonds. The van der Waals surface area contributed by atoms with E-state index in [4.69, 9.17) is 11.5 Å². The molecule has 0 spiro atoms. The molecule has 6 nitrogen and oxygen atoms in total. The zero-order valence-electron chi connectivity index (χ0n) is 12.8. The van der Waals surface area contributed by atoms with Gasteiger partial charge in [-0.25, -0.2) is 9.97 Å². The molecule has 2 aromatic rings. The summed E-state index contributed by atoms with van der Waals surface area (Å²) in [5.74, 6) is 0.452. The van der Waals surface area contributed by atoms with Crippen molar-refractivity contribution in [1.29, 1.82) is 0 Å². The van der Waals surface area contributed by atoms with Gasteiger partial charge < -0.3 is 16.8 Å². The van der Waals surface area contributed by atoms with Gasteiger partial charge >= 0.3 is 0 Å². The zero-order valence-corrected chi connectivity index (χ0v) is 13.6. The van der Waals surface area contributed by atoms with E-state index in [1.807, 2.05) is 26.0 Å². The average molecular weight is 317 g/mol. The summed E-state index contributed by atoms with van der Waals surface area (Å²) in [4.78, 5) is 20.4. The van der Waals surface area contributed by atoms with Crippen LogP contribution in [0.3, 0.4) is 0 Å². The first-order valence-electron chi connectivity index (χ1n) is 6.79. The van der Waals surface area contributed by atoms with Crippen LogP contribution in [-0.2, 0) is 4.79 Å². The predicted molar refractivity (Wildman–Crippen MR) is 90.7 cm³/mol. The number of aromatic nitrogens is 2. The Kier molecular flexibility index (Phi) is 4.87. The van der Waals surface area contributed by atoms with E-state index in [-0.39, 0.29) is 22.8 Å². The minimum absolute atomic E-state index is 0.125. The Labute approximate surface area is 133 Å². The van der Waals surface area contributed by atoms with E-state index >= 15 is 0 Å². The lowest BCUT2D eigenvalue weighted by atomic mass is 10.1. The van der Waals surface area contributed by atoms with Crippen molar-refractivity contribution < 1.29 is 4.79 Å². The molecule has 0 aliphatic carbocycles. The lowest BCUT2D eigenvalue weighted by molar-refractivity contribution is -0.115. The number of thioether (sulfide) groups is 1. The fourth-order valence-corrected chi connectivity index (χ4v) is 2.82. The smallest absolute Gasteiger partial charge is 0.237 e. The maximum Gasteiger partial charge on any atom is 0.237 e.